The number of carbonyl (C=O) groups excluding carboxylic acids is 2. The number of nitrogens with zero attached hydrogens (tertiary/aromatic N) is 5. The average Bonchev–Trinajstić information content (AvgIpc) is 3.61. The third-order valence-electron chi connectivity index (χ3n) is 11.3. The molecule has 11 heteroatoms. The van der Waals surface area contributed by atoms with Gasteiger partial charge in [-0.05, 0) is 102 Å². The van der Waals surface area contributed by atoms with Gasteiger partial charge in [-0.25, -0.2) is 0 Å². The Kier molecular flexibility index (Phi) is 7.64. The quantitative estimate of drug-likeness (QED) is 0.282. The lowest BCUT2D eigenvalue weighted by molar-refractivity contribution is -0.131. The minimum atomic E-state index is -0.860. The van der Waals surface area contributed by atoms with Crippen LogP contribution in [0.3, 0.4) is 0 Å². The number of likely N-dealkylation sites (tertiary alicyclic amines) is 1. The fourth-order valence-corrected chi connectivity index (χ4v) is 8.87. The maximum absolute atomic E-state index is 13.8. The number of carbonyl (C=O) groups is 2. The van der Waals surface area contributed by atoms with Crippen molar-refractivity contribution >= 4 is 17.5 Å². The van der Waals surface area contributed by atoms with Gasteiger partial charge in [-0.15, -0.1) is 10.2 Å². The van der Waals surface area contributed by atoms with Gasteiger partial charge in [-0.1, -0.05) is 49.8 Å². The van der Waals surface area contributed by atoms with Crippen molar-refractivity contribution in [3.05, 3.63) is 82.2 Å². The standard InChI is InChI=1S/C35H41N9O2/c1-19-27-15-26(17-36)44(32(19)27)31(45)18-39-30(21-5-3-4-6-21)16-35(34-40-42-43-41-34)28-11-9-22(20(2)37)13-23(28)7-8-24-14-25(33(38)46)10-12-29(24)35/h9-14,19,21,26-27,30,32,39H,2-8,15-16,18,37H2,1H3,(H2,38,46)(H,40,41,42,43)/t19-,26?,27+,30+,32-,35?/m0/s1. The molecule has 2 aromatic carbocycles. The van der Waals surface area contributed by atoms with Crippen LogP contribution in [-0.2, 0) is 23.1 Å². The molecule has 1 aliphatic heterocycles. The minimum absolute atomic E-state index is 0.0149. The molecule has 46 heavy (non-hydrogen) atoms. The number of nitriles is 1. The van der Waals surface area contributed by atoms with E-state index in [4.69, 9.17) is 11.5 Å². The van der Waals surface area contributed by atoms with Crippen molar-refractivity contribution in [2.24, 2.45) is 29.2 Å². The van der Waals surface area contributed by atoms with Crippen LogP contribution >= 0.6 is 0 Å². The molecule has 0 radical (unpaired) electrons. The summed E-state index contributed by atoms with van der Waals surface area (Å²) in [5, 5.41) is 29.5. The summed E-state index contributed by atoms with van der Waals surface area (Å²) < 4.78 is 0. The van der Waals surface area contributed by atoms with E-state index in [1.54, 1.807) is 6.07 Å². The molecule has 238 valence electrons. The average molecular weight is 620 g/mol. The Morgan fingerprint density at radius 2 is 1.80 bits per heavy atom. The van der Waals surface area contributed by atoms with Crippen molar-refractivity contribution in [2.45, 2.75) is 81.8 Å². The number of nitrogens with two attached hydrogens (primary N) is 2. The number of aromatic amines is 1. The lowest BCUT2D eigenvalue weighted by Gasteiger charge is -2.39. The number of H-pyrrole nitrogens is 1. The van der Waals surface area contributed by atoms with E-state index in [2.05, 4.69) is 57.6 Å². The van der Waals surface area contributed by atoms with Crippen molar-refractivity contribution in [2.75, 3.05) is 6.54 Å². The SMILES string of the molecule is C=C(N)c1ccc2c(c1)CCc1cc(C(N)=O)ccc1C2(C[C@@H](NCC(=O)N1C(C#N)C[C@@H]2[C@H](C)[C@@H]21)C1CCCC1)c1nn[nH]n1. The summed E-state index contributed by atoms with van der Waals surface area (Å²) in [5.74, 6) is 1.23. The molecule has 2 amide bonds. The number of tetrazole rings is 1. The Hall–Kier alpha value is -4.56. The topological polar surface area (TPSA) is 180 Å². The first-order chi connectivity index (χ1) is 22.2. The molecule has 3 aromatic rings. The number of hydrogen-bond acceptors (Lipinski definition) is 8. The van der Waals surface area contributed by atoms with Crippen LogP contribution in [-0.4, -0.2) is 62.0 Å². The van der Waals surface area contributed by atoms with Crippen LogP contribution in [0.2, 0.25) is 0 Å². The molecule has 4 aliphatic rings. The molecule has 2 saturated carbocycles. The monoisotopic (exact) mass is 619 g/mol. The minimum Gasteiger partial charge on any atom is -0.399 e. The highest BCUT2D eigenvalue weighted by Gasteiger charge is 2.60. The molecule has 1 saturated heterocycles. The van der Waals surface area contributed by atoms with Gasteiger partial charge in [0, 0.05) is 23.3 Å². The van der Waals surface area contributed by atoms with Gasteiger partial charge in [-0.2, -0.15) is 10.5 Å². The van der Waals surface area contributed by atoms with E-state index in [9.17, 15) is 14.9 Å². The number of benzene rings is 2. The van der Waals surface area contributed by atoms with Crippen LogP contribution in [0, 0.1) is 29.1 Å². The largest absolute Gasteiger partial charge is 0.399 e. The number of hydrogen-bond donors (Lipinski definition) is 4. The second-order valence-electron chi connectivity index (χ2n) is 13.7. The second kappa shape index (κ2) is 11.7. The highest BCUT2D eigenvalue weighted by Crippen LogP contribution is 2.53. The fourth-order valence-electron chi connectivity index (χ4n) is 8.87. The predicted octanol–water partition coefficient (Wildman–Crippen LogP) is 2.96. The van der Waals surface area contributed by atoms with Crippen LogP contribution in [0.1, 0.15) is 89.4 Å². The van der Waals surface area contributed by atoms with E-state index in [0.29, 0.717) is 54.1 Å². The van der Waals surface area contributed by atoms with E-state index in [0.717, 1.165) is 59.9 Å². The van der Waals surface area contributed by atoms with Gasteiger partial charge in [0.15, 0.2) is 5.82 Å². The van der Waals surface area contributed by atoms with Crippen LogP contribution in [0.25, 0.3) is 5.70 Å². The fraction of sp³-hybridized carbons (Fsp3) is 0.486. The molecule has 7 rings (SSSR count). The summed E-state index contributed by atoms with van der Waals surface area (Å²) >= 11 is 0. The van der Waals surface area contributed by atoms with Crippen molar-refractivity contribution in [1.29, 1.82) is 5.26 Å². The molecule has 2 heterocycles. The van der Waals surface area contributed by atoms with Crippen LogP contribution < -0.4 is 16.8 Å². The number of aryl methyl sites for hydroxylation is 2. The maximum atomic E-state index is 13.8. The first-order valence-corrected chi connectivity index (χ1v) is 16.4. The number of piperidine rings is 1. The molecule has 3 fully saturated rings. The third-order valence-corrected chi connectivity index (χ3v) is 11.3. The predicted molar refractivity (Wildman–Crippen MR) is 172 cm³/mol. The summed E-state index contributed by atoms with van der Waals surface area (Å²) in [6.45, 7) is 6.30. The van der Waals surface area contributed by atoms with Gasteiger partial charge in [0.05, 0.1) is 18.0 Å². The van der Waals surface area contributed by atoms with Gasteiger partial charge in [0.25, 0.3) is 0 Å². The van der Waals surface area contributed by atoms with Crippen LogP contribution in [0.15, 0.2) is 43.0 Å². The number of amides is 2. The highest BCUT2D eigenvalue weighted by atomic mass is 16.2. The Labute approximate surface area is 268 Å². The lowest BCUT2D eigenvalue weighted by atomic mass is 9.66. The van der Waals surface area contributed by atoms with Crippen molar-refractivity contribution < 1.29 is 9.59 Å². The first kappa shape index (κ1) is 30.1. The number of primary amides is 1. The van der Waals surface area contributed by atoms with Crippen LogP contribution in [0.4, 0.5) is 0 Å². The molecule has 1 aromatic heterocycles. The summed E-state index contributed by atoms with van der Waals surface area (Å²) in [4.78, 5) is 27.9. The summed E-state index contributed by atoms with van der Waals surface area (Å²) in [5.41, 5.74) is 16.9. The number of aromatic nitrogens is 4. The summed E-state index contributed by atoms with van der Waals surface area (Å²) in [6.07, 6.45) is 7.07. The molecular weight excluding hydrogens is 578 g/mol. The van der Waals surface area contributed by atoms with Crippen molar-refractivity contribution in [1.82, 2.24) is 30.8 Å². The molecule has 6 N–H and O–H groups in total. The van der Waals surface area contributed by atoms with E-state index >= 15 is 0 Å². The Morgan fingerprint density at radius 1 is 1.13 bits per heavy atom. The first-order valence-electron chi connectivity index (χ1n) is 16.4. The zero-order valence-electron chi connectivity index (χ0n) is 26.2. The van der Waals surface area contributed by atoms with Gasteiger partial charge in [0.1, 0.15) is 6.04 Å². The smallest absolute Gasteiger partial charge is 0.248 e. The molecule has 0 bridgehead atoms. The Morgan fingerprint density at radius 3 is 2.41 bits per heavy atom. The molecular formula is C35H41N9O2. The number of fused-ring (bicyclic) bond motifs is 3. The summed E-state index contributed by atoms with van der Waals surface area (Å²) in [7, 11) is 0. The van der Waals surface area contributed by atoms with Crippen molar-refractivity contribution in [3.8, 4) is 6.07 Å². The van der Waals surface area contributed by atoms with E-state index in [-0.39, 0.29) is 30.6 Å². The van der Waals surface area contributed by atoms with E-state index in [1.165, 1.54) is 0 Å². The number of nitrogens with one attached hydrogen (secondary N) is 2. The molecule has 11 nitrogen and oxygen atoms in total. The molecule has 0 spiro atoms. The van der Waals surface area contributed by atoms with Crippen LogP contribution in [0.5, 0.6) is 0 Å². The van der Waals surface area contributed by atoms with Gasteiger partial charge < -0.3 is 21.7 Å². The zero-order valence-corrected chi connectivity index (χ0v) is 26.2. The van der Waals surface area contributed by atoms with Gasteiger partial charge >= 0.3 is 0 Å². The molecule has 3 aliphatic carbocycles. The lowest BCUT2D eigenvalue weighted by Crippen LogP contribution is -2.49. The third kappa shape index (κ3) is 4.96. The highest BCUT2D eigenvalue weighted by molar-refractivity contribution is 5.93. The molecule has 6 atom stereocenters. The Bertz CT molecular complexity index is 1660. The van der Waals surface area contributed by atoms with Crippen molar-refractivity contribution in [3.63, 3.8) is 0 Å². The van der Waals surface area contributed by atoms with Gasteiger partial charge in [-0.3, -0.25) is 9.59 Å². The maximum Gasteiger partial charge on any atom is 0.248 e. The molecule has 2 unspecified atom stereocenters. The normalized spacial score (nSPS) is 27.2. The zero-order chi connectivity index (χ0) is 32.2. The van der Waals surface area contributed by atoms with Gasteiger partial charge in [0.2, 0.25) is 11.8 Å². The number of rotatable bonds is 9. The summed E-state index contributed by atoms with van der Waals surface area (Å²) in [6, 6.07) is 14.0. The second-order valence-corrected chi connectivity index (χ2v) is 13.7. The van der Waals surface area contributed by atoms with E-state index < -0.39 is 11.3 Å². The Balaban J connectivity index is 1.33. The van der Waals surface area contributed by atoms with E-state index in [1.807, 2.05) is 23.1 Å².